The van der Waals surface area contributed by atoms with E-state index in [9.17, 15) is 9.59 Å². The largest absolute Gasteiger partial charge is 0.497 e. The zero-order valence-electron chi connectivity index (χ0n) is 18.4. The van der Waals surface area contributed by atoms with Crippen LogP contribution in [-0.2, 0) is 9.59 Å². The van der Waals surface area contributed by atoms with Gasteiger partial charge in [-0.15, -0.1) is 0 Å². The van der Waals surface area contributed by atoms with E-state index in [1.807, 2.05) is 55.5 Å². The Kier molecular flexibility index (Phi) is 8.36. The fraction of sp³-hybridized carbons (Fsp3) is 0.115. The fourth-order valence-corrected chi connectivity index (χ4v) is 2.81. The summed E-state index contributed by atoms with van der Waals surface area (Å²) in [5.41, 5.74) is 6.06. The van der Waals surface area contributed by atoms with Crippen molar-refractivity contribution >= 4 is 29.9 Å². The summed E-state index contributed by atoms with van der Waals surface area (Å²) in [4.78, 5) is 23.9. The summed E-state index contributed by atoms with van der Waals surface area (Å²) in [6.07, 6.45) is 4.54. The first-order valence-electron chi connectivity index (χ1n) is 10.3. The summed E-state index contributed by atoms with van der Waals surface area (Å²) in [6.45, 7) is 2.10. The van der Waals surface area contributed by atoms with Gasteiger partial charge in [-0.3, -0.25) is 4.79 Å². The minimum Gasteiger partial charge on any atom is -0.497 e. The molecule has 0 unspecified atom stereocenters. The van der Waals surface area contributed by atoms with Crippen LogP contribution < -0.4 is 20.2 Å². The van der Waals surface area contributed by atoms with Gasteiger partial charge in [-0.2, -0.15) is 5.10 Å². The zero-order valence-corrected chi connectivity index (χ0v) is 18.4. The van der Waals surface area contributed by atoms with Gasteiger partial charge in [-0.1, -0.05) is 24.3 Å². The zero-order chi connectivity index (χ0) is 23.5. The van der Waals surface area contributed by atoms with Gasteiger partial charge in [0.05, 0.1) is 19.9 Å². The van der Waals surface area contributed by atoms with Crippen molar-refractivity contribution in [2.24, 2.45) is 5.10 Å². The molecule has 0 aliphatic carbocycles. The Hall–Kier alpha value is -4.39. The molecule has 33 heavy (non-hydrogen) atoms. The highest BCUT2D eigenvalue weighted by molar-refractivity contribution is 5.89. The molecule has 0 fully saturated rings. The number of carbonyl (C=O) groups excluding carboxylic acids is 2. The number of anilines is 1. The SMILES string of the molecule is COc1ccc(/C=C/C(=O)Oc2ccc(C=NNC(=O)CNc3cccc(C)c3)cc2)cc1. The molecular weight excluding hydrogens is 418 g/mol. The molecule has 2 N–H and O–H groups in total. The minimum atomic E-state index is -0.486. The van der Waals surface area contributed by atoms with Crippen molar-refractivity contribution in [1.29, 1.82) is 0 Å². The summed E-state index contributed by atoms with van der Waals surface area (Å²) in [5.74, 6) is 0.405. The van der Waals surface area contributed by atoms with Crippen LogP contribution in [-0.4, -0.2) is 31.7 Å². The van der Waals surface area contributed by atoms with Gasteiger partial charge in [0.25, 0.3) is 5.91 Å². The number of ether oxygens (including phenoxy) is 2. The molecule has 7 heteroatoms. The second kappa shape index (κ2) is 11.9. The second-order valence-corrected chi connectivity index (χ2v) is 7.11. The lowest BCUT2D eigenvalue weighted by Crippen LogP contribution is -2.25. The lowest BCUT2D eigenvalue weighted by Gasteiger charge is -2.05. The highest BCUT2D eigenvalue weighted by Gasteiger charge is 2.02. The Labute approximate surface area is 192 Å². The number of methoxy groups -OCH3 is 1. The van der Waals surface area contributed by atoms with Crippen LogP contribution in [0.2, 0.25) is 0 Å². The minimum absolute atomic E-state index is 0.111. The van der Waals surface area contributed by atoms with Crippen molar-refractivity contribution < 1.29 is 19.1 Å². The average molecular weight is 444 g/mol. The molecular formula is C26H25N3O4. The number of carbonyl (C=O) groups is 2. The number of hydrogen-bond donors (Lipinski definition) is 2. The smallest absolute Gasteiger partial charge is 0.336 e. The van der Waals surface area contributed by atoms with Crippen LogP contribution in [0.15, 0.2) is 84.0 Å². The summed E-state index contributed by atoms with van der Waals surface area (Å²) >= 11 is 0. The molecule has 0 bridgehead atoms. The molecule has 0 saturated heterocycles. The van der Waals surface area contributed by atoms with E-state index in [-0.39, 0.29) is 12.5 Å². The molecule has 7 nitrogen and oxygen atoms in total. The number of nitrogens with one attached hydrogen (secondary N) is 2. The molecule has 0 aliphatic rings. The van der Waals surface area contributed by atoms with Crippen LogP contribution in [0, 0.1) is 6.92 Å². The first kappa shape index (κ1) is 23.3. The lowest BCUT2D eigenvalue weighted by molar-refractivity contribution is -0.129. The maximum absolute atomic E-state index is 12.0. The van der Waals surface area contributed by atoms with Gasteiger partial charge in [0.15, 0.2) is 0 Å². The first-order chi connectivity index (χ1) is 16.0. The Morgan fingerprint density at radius 3 is 2.33 bits per heavy atom. The normalized spacial score (nSPS) is 10.8. The van der Waals surface area contributed by atoms with E-state index in [4.69, 9.17) is 9.47 Å². The van der Waals surface area contributed by atoms with Crippen molar-refractivity contribution in [3.05, 3.63) is 95.6 Å². The van der Waals surface area contributed by atoms with Crippen molar-refractivity contribution in [3.8, 4) is 11.5 Å². The Bertz CT molecular complexity index is 1140. The first-order valence-corrected chi connectivity index (χ1v) is 10.3. The number of aryl methyl sites for hydroxylation is 1. The van der Waals surface area contributed by atoms with E-state index in [1.165, 1.54) is 12.3 Å². The van der Waals surface area contributed by atoms with Gasteiger partial charge in [0.1, 0.15) is 11.5 Å². The Morgan fingerprint density at radius 2 is 1.64 bits per heavy atom. The van der Waals surface area contributed by atoms with E-state index in [1.54, 1.807) is 37.5 Å². The predicted octanol–water partition coefficient (Wildman–Crippen LogP) is 4.18. The third-order valence-electron chi connectivity index (χ3n) is 4.50. The summed E-state index contributed by atoms with van der Waals surface area (Å²) in [7, 11) is 1.60. The van der Waals surface area contributed by atoms with Crippen molar-refractivity contribution in [2.75, 3.05) is 19.0 Å². The number of rotatable bonds is 9. The van der Waals surface area contributed by atoms with Crippen LogP contribution in [0.5, 0.6) is 11.5 Å². The van der Waals surface area contributed by atoms with Gasteiger partial charge in [-0.05, 0) is 78.2 Å². The van der Waals surface area contributed by atoms with E-state index in [0.717, 1.165) is 28.1 Å². The van der Waals surface area contributed by atoms with Crippen molar-refractivity contribution in [2.45, 2.75) is 6.92 Å². The molecule has 0 saturated carbocycles. The standard InChI is InChI=1S/C26H25N3O4/c1-19-4-3-5-22(16-19)27-18-25(30)29-28-17-21-8-13-24(14-9-21)33-26(31)15-10-20-6-11-23(32-2)12-7-20/h3-17,27H,18H2,1-2H3,(H,29,30)/b15-10+,28-17?. The van der Waals surface area contributed by atoms with Crippen LogP contribution in [0.3, 0.4) is 0 Å². The predicted molar refractivity (Wildman–Crippen MR) is 130 cm³/mol. The molecule has 0 atom stereocenters. The van der Waals surface area contributed by atoms with E-state index >= 15 is 0 Å². The maximum atomic E-state index is 12.0. The van der Waals surface area contributed by atoms with E-state index < -0.39 is 5.97 Å². The molecule has 0 radical (unpaired) electrons. The summed E-state index contributed by atoms with van der Waals surface area (Å²) in [6, 6.07) is 21.8. The number of esters is 1. The number of amides is 1. The third kappa shape index (κ3) is 7.99. The third-order valence-corrected chi connectivity index (χ3v) is 4.50. The molecule has 3 rings (SSSR count). The quantitative estimate of drug-likeness (QED) is 0.170. The van der Waals surface area contributed by atoms with Crippen LogP contribution in [0.1, 0.15) is 16.7 Å². The monoisotopic (exact) mass is 443 g/mol. The number of hydrazone groups is 1. The van der Waals surface area contributed by atoms with Gasteiger partial charge >= 0.3 is 5.97 Å². The topological polar surface area (TPSA) is 89.0 Å². The van der Waals surface area contributed by atoms with Gasteiger partial charge in [0, 0.05) is 11.8 Å². The fourth-order valence-electron chi connectivity index (χ4n) is 2.81. The number of hydrogen-bond acceptors (Lipinski definition) is 6. The van der Waals surface area contributed by atoms with Gasteiger partial charge < -0.3 is 14.8 Å². The Morgan fingerprint density at radius 1 is 0.939 bits per heavy atom. The number of nitrogens with zero attached hydrogens (tertiary/aromatic N) is 1. The molecule has 0 spiro atoms. The maximum Gasteiger partial charge on any atom is 0.336 e. The van der Waals surface area contributed by atoms with Crippen LogP contribution in [0.4, 0.5) is 5.69 Å². The Balaban J connectivity index is 1.43. The molecule has 1 amide bonds. The highest BCUT2D eigenvalue weighted by atomic mass is 16.5. The van der Waals surface area contributed by atoms with Gasteiger partial charge in [-0.25, -0.2) is 10.2 Å². The molecule has 0 aromatic heterocycles. The average Bonchev–Trinajstić information content (AvgIpc) is 2.83. The van der Waals surface area contributed by atoms with Crippen LogP contribution in [0.25, 0.3) is 6.08 Å². The van der Waals surface area contributed by atoms with E-state index in [2.05, 4.69) is 15.8 Å². The molecule has 3 aromatic rings. The summed E-state index contributed by atoms with van der Waals surface area (Å²) in [5, 5.41) is 6.98. The van der Waals surface area contributed by atoms with Gasteiger partial charge in [0.2, 0.25) is 0 Å². The highest BCUT2D eigenvalue weighted by Crippen LogP contribution is 2.14. The molecule has 0 heterocycles. The number of benzene rings is 3. The molecule has 0 aliphatic heterocycles. The van der Waals surface area contributed by atoms with Crippen LogP contribution >= 0.6 is 0 Å². The molecule has 168 valence electrons. The van der Waals surface area contributed by atoms with Crippen molar-refractivity contribution in [1.82, 2.24) is 5.43 Å². The van der Waals surface area contributed by atoms with Crippen molar-refractivity contribution in [3.63, 3.8) is 0 Å². The van der Waals surface area contributed by atoms with E-state index in [0.29, 0.717) is 5.75 Å². The lowest BCUT2D eigenvalue weighted by atomic mass is 10.2. The summed E-state index contributed by atoms with van der Waals surface area (Å²) < 4.78 is 10.4. The second-order valence-electron chi connectivity index (χ2n) is 7.11. The molecule has 3 aromatic carbocycles.